The smallest absolute Gasteiger partial charge is 0.312 e. The van der Waals surface area contributed by atoms with Crippen LogP contribution in [0.25, 0.3) is 0 Å². The van der Waals surface area contributed by atoms with Gasteiger partial charge in [-0.3, -0.25) is 14.9 Å². The van der Waals surface area contributed by atoms with Crippen molar-refractivity contribution in [2.24, 2.45) is 5.92 Å². The van der Waals surface area contributed by atoms with Crippen LogP contribution in [0.2, 0.25) is 0 Å². The molecule has 110 valence electrons. The summed E-state index contributed by atoms with van der Waals surface area (Å²) in [5, 5.41) is 31.8. The Balaban J connectivity index is 2.17. The Bertz CT molecular complexity index is 611. The molecular formula is C13H14N4O4. The zero-order chi connectivity index (χ0) is 15.4. The molecule has 1 aromatic rings. The molecule has 8 nitrogen and oxygen atoms in total. The lowest BCUT2D eigenvalue weighted by Crippen LogP contribution is -2.31. The van der Waals surface area contributed by atoms with Crippen molar-refractivity contribution in [1.29, 1.82) is 5.26 Å². The minimum Gasteiger partial charge on any atom is -0.481 e. The van der Waals surface area contributed by atoms with E-state index in [4.69, 9.17) is 10.4 Å². The highest BCUT2D eigenvalue weighted by atomic mass is 16.6. The van der Waals surface area contributed by atoms with Crippen molar-refractivity contribution in [3.05, 3.63) is 27.9 Å². The lowest BCUT2D eigenvalue weighted by atomic mass is 9.86. The molecule has 0 amide bonds. The molecule has 1 aromatic heterocycles. The number of anilines is 1. The first-order valence-corrected chi connectivity index (χ1v) is 6.55. The van der Waals surface area contributed by atoms with Gasteiger partial charge < -0.3 is 10.4 Å². The normalized spacial score (nSPS) is 21.3. The summed E-state index contributed by atoms with van der Waals surface area (Å²) in [6.07, 6.45) is 3.78. The van der Waals surface area contributed by atoms with Crippen molar-refractivity contribution in [2.75, 3.05) is 5.32 Å². The van der Waals surface area contributed by atoms with Gasteiger partial charge >= 0.3 is 11.7 Å². The minimum absolute atomic E-state index is 0.0787. The van der Waals surface area contributed by atoms with Crippen LogP contribution < -0.4 is 5.32 Å². The number of nitro groups is 1. The number of carboxylic acid groups (broad SMARTS) is 1. The van der Waals surface area contributed by atoms with Crippen LogP contribution in [0.5, 0.6) is 0 Å². The number of carbonyl (C=O) groups is 1. The van der Waals surface area contributed by atoms with Crippen LogP contribution in [0.15, 0.2) is 12.3 Å². The summed E-state index contributed by atoms with van der Waals surface area (Å²) >= 11 is 0. The van der Waals surface area contributed by atoms with E-state index < -0.39 is 16.8 Å². The van der Waals surface area contributed by atoms with E-state index in [-0.39, 0.29) is 23.1 Å². The Labute approximate surface area is 120 Å². The molecule has 0 aromatic carbocycles. The van der Waals surface area contributed by atoms with E-state index in [9.17, 15) is 14.9 Å². The number of rotatable bonds is 4. The standard InChI is InChI=1S/C13H14N4O4/c14-6-8-4-11(17(20)21)12(15-7-8)16-10-3-1-2-9(5-10)13(18)19/h4,7,9-10H,1-3,5H2,(H,15,16)(H,18,19). The van der Waals surface area contributed by atoms with Gasteiger partial charge in [-0.1, -0.05) is 6.42 Å². The number of aromatic nitrogens is 1. The molecule has 21 heavy (non-hydrogen) atoms. The maximum Gasteiger partial charge on any atom is 0.312 e. The van der Waals surface area contributed by atoms with Crippen LogP contribution in [0.4, 0.5) is 11.5 Å². The first-order chi connectivity index (χ1) is 10.0. The molecule has 1 heterocycles. The molecule has 2 unspecified atom stereocenters. The van der Waals surface area contributed by atoms with Gasteiger partial charge in [0.05, 0.1) is 16.4 Å². The first-order valence-electron chi connectivity index (χ1n) is 6.55. The van der Waals surface area contributed by atoms with Crippen molar-refractivity contribution >= 4 is 17.5 Å². The molecule has 0 spiro atoms. The van der Waals surface area contributed by atoms with Crippen molar-refractivity contribution in [1.82, 2.24) is 4.98 Å². The SMILES string of the molecule is N#Cc1cnc(NC2CCCC(C(=O)O)C2)c([N+](=O)[O-])c1. The van der Waals surface area contributed by atoms with Crippen molar-refractivity contribution in [3.8, 4) is 6.07 Å². The second-order valence-electron chi connectivity index (χ2n) is 5.00. The number of nitrogens with one attached hydrogen (secondary N) is 1. The van der Waals surface area contributed by atoms with Crippen LogP contribution in [0, 0.1) is 27.4 Å². The third-order valence-electron chi connectivity index (χ3n) is 3.56. The Kier molecular flexibility index (Phi) is 4.33. The van der Waals surface area contributed by atoms with Gasteiger partial charge in [-0.25, -0.2) is 4.98 Å². The van der Waals surface area contributed by atoms with Crippen LogP contribution >= 0.6 is 0 Å². The summed E-state index contributed by atoms with van der Waals surface area (Å²) in [7, 11) is 0. The average Bonchev–Trinajstić information content (AvgIpc) is 2.47. The lowest BCUT2D eigenvalue weighted by Gasteiger charge is -2.27. The van der Waals surface area contributed by atoms with Gasteiger partial charge in [0, 0.05) is 18.3 Å². The first kappa shape index (κ1) is 14.7. The molecule has 0 saturated heterocycles. The zero-order valence-electron chi connectivity index (χ0n) is 11.2. The van der Waals surface area contributed by atoms with Crippen LogP contribution in [-0.4, -0.2) is 27.0 Å². The number of carboxylic acids is 1. The fourth-order valence-electron chi connectivity index (χ4n) is 2.50. The van der Waals surface area contributed by atoms with Gasteiger partial charge in [0.15, 0.2) is 0 Å². The van der Waals surface area contributed by atoms with Crippen molar-refractivity contribution in [2.45, 2.75) is 31.7 Å². The van der Waals surface area contributed by atoms with Crippen molar-refractivity contribution < 1.29 is 14.8 Å². The van der Waals surface area contributed by atoms with Gasteiger partial charge in [0.25, 0.3) is 0 Å². The van der Waals surface area contributed by atoms with E-state index in [2.05, 4.69) is 10.3 Å². The number of nitriles is 1. The fraction of sp³-hybridized carbons (Fsp3) is 0.462. The minimum atomic E-state index is -0.844. The van der Waals surface area contributed by atoms with E-state index >= 15 is 0 Å². The van der Waals surface area contributed by atoms with E-state index in [0.29, 0.717) is 12.8 Å². The van der Waals surface area contributed by atoms with Gasteiger partial charge in [0.2, 0.25) is 5.82 Å². The maximum atomic E-state index is 11.0. The highest BCUT2D eigenvalue weighted by Crippen LogP contribution is 2.29. The fourth-order valence-corrected chi connectivity index (χ4v) is 2.50. The zero-order valence-corrected chi connectivity index (χ0v) is 11.2. The summed E-state index contributed by atoms with van der Waals surface area (Å²) in [5.41, 5.74) is -0.161. The second kappa shape index (κ2) is 6.17. The quantitative estimate of drug-likeness (QED) is 0.640. The summed E-state index contributed by atoms with van der Waals surface area (Å²) in [4.78, 5) is 25.4. The van der Waals surface area contributed by atoms with E-state index in [0.717, 1.165) is 18.9 Å². The molecule has 1 saturated carbocycles. The monoisotopic (exact) mass is 290 g/mol. The molecule has 1 aliphatic rings. The van der Waals surface area contributed by atoms with Gasteiger partial charge in [-0.05, 0) is 19.3 Å². The number of aliphatic carboxylic acids is 1. The molecule has 2 atom stereocenters. The lowest BCUT2D eigenvalue weighted by molar-refractivity contribution is -0.384. The summed E-state index contributed by atoms with van der Waals surface area (Å²) < 4.78 is 0. The highest BCUT2D eigenvalue weighted by Gasteiger charge is 2.28. The highest BCUT2D eigenvalue weighted by molar-refractivity contribution is 5.70. The third-order valence-corrected chi connectivity index (χ3v) is 3.56. The Morgan fingerprint density at radius 3 is 2.95 bits per heavy atom. The Morgan fingerprint density at radius 1 is 1.57 bits per heavy atom. The predicted molar refractivity (Wildman–Crippen MR) is 72.6 cm³/mol. The molecule has 0 aliphatic heterocycles. The number of nitrogens with zero attached hydrogens (tertiary/aromatic N) is 3. The molecule has 0 radical (unpaired) electrons. The molecule has 0 bridgehead atoms. The van der Waals surface area contributed by atoms with Gasteiger partial charge in [-0.15, -0.1) is 0 Å². The van der Waals surface area contributed by atoms with Crippen molar-refractivity contribution in [3.63, 3.8) is 0 Å². The predicted octanol–water partition coefficient (Wildman–Crippen LogP) is 1.92. The van der Waals surface area contributed by atoms with E-state index in [1.807, 2.05) is 0 Å². The summed E-state index contributed by atoms with van der Waals surface area (Å²) in [6, 6.07) is 2.79. The van der Waals surface area contributed by atoms with Crippen LogP contribution in [0.1, 0.15) is 31.2 Å². The molecule has 1 fully saturated rings. The molecule has 8 heteroatoms. The maximum absolute atomic E-state index is 11.0. The molecular weight excluding hydrogens is 276 g/mol. The van der Waals surface area contributed by atoms with Crippen LogP contribution in [0.3, 0.4) is 0 Å². The number of hydrogen-bond donors (Lipinski definition) is 2. The Hall–Kier alpha value is -2.69. The largest absolute Gasteiger partial charge is 0.481 e. The van der Waals surface area contributed by atoms with E-state index in [1.54, 1.807) is 6.07 Å². The second-order valence-corrected chi connectivity index (χ2v) is 5.00. The third kappa shape index (κ3) is 3.45. The van der Waals surface area contributed by atoms with Gasteiger partial charge in [0.1, 0.15) is 6.07 Å². The number of hydrogen-bond acceptors (Lipinski definition) is 6. The average molecular weight is 290 g/mol. The van der Waals surface area contributed by atoms with Crippen LogP contribution in [-0.2, 0) is 4.79 Å². The van der Waals surface area contributed by atoms with E-state index in [1.165, 1.54) is 6.20 Å². The van der Waals surface area contributed by atoms with Gasteiger partial charge in [-0.2, -0.15) is 5.26 Å². The summed E-state index contributed by atoms with van der Waals surface area (Å²) in [5.74, 6) is -1.20. The molecule has 1 aliphatic carbocycles. The summed E-state index contributed by atoms with van der Waals surface area (Å²) in [6.45, 7) is 0. The topological polar surface area (TPSA) is 129 Å². The molecule has 2 N–H and O–H groups in total. The number of pyridine rings is 1. The molecule has 2 rings (SSSR count). The Morgan fingerprint density at radius 2 is 2.33 bits per heavy atom.